The lowest BCUT2D eigenvalue weighted by atomic mass is 9.92. The topological polar surface area (TPSA) is 83.7 Å². The molecular weight excluding hydrogens is 346 g/mol. The molecule has 6 nitrogen and oxygen atoms in total. The fourth-order valence-corrected chi connectivity index (χ4v) is 6.42. The first-order valence-corrected chi connectivity index (χ1v) is 10.8. The van der Waals surface area contributed by atoms with Gasteiger partial charge in [0, 0.05) is 25.7 Å². The van der Waals surface area contributed by atoms with Crippen molar-refractivity contribution < 1.29 is 13.2 Å². The molecule has 3 heterocycles. The fourth-order valence-electron chi connectivity index (χ4n) is 3.65. The number of hydrogen-bond acceptors (Lipinski definition) is 5. The molecule has 8 heteroatoms. The molecule has 0 spiro atoms. The number of piperidine rings is 1. The van der Waals surface area contributed by atoms with E-state index in [4.69, 9.17) is 5.73 Å². The summed E-state index contributed by atoms with van der Waals surface area (Å²) in [6.45, 7) is 3.73. The van der Waals surface area contributed by atoms with E-state index in [9.17, 15) is 13.2 Å². The Bertz CT molecular complexity index is 673. The van der Waals surface area contributed by atoms with Crippen molar-refractivity contribution in [3.8, 4) is 0 Å². The molecule has 1 aromatic heterocycles. The Hall–Kier alpha value is -0.960. The van der Waals surface area contributed by atoms with Gasteiger partial charge in [0.1, 0.15) is 10.3 Å². The molecule has 0 radical (unpaired) electrons. The summed E-state index contributed by atoms with van der Waals surface area (Å²) in [5, 5.41) is 1.75. The van der Waals surface area contributed by atoms with Crippen molar-refractivity contribution in [1.29, 1.82) is 0 Å². The molecule has 3 rings (SSSR count). The third-order valence-electron chi connectivity index (χ3n) is 5.06. The monoisotopic (exact) mass is 371 g/mol. The normalized spacial score (nSPS) is 27.3. The molecule has 0 bridgehead atoms. The SMILES string of the molecule is CC(N)C1CCCN(C(=O)C2CCCN2S(=O)(=O)c2cccs2)C1. The molecule has 0 aromatic carbocycles. The number of likely N-dealkylation sites (tertiary alicyclic amines) is 1. The maximum Gasteiger partial charge on any atom is 0.253 e. The molecule has 0 saturated carbocycles. The van der Waals surface area contributed by atoms with Crippen LogP contribution in [0.2, 0.25) is 0 Å². The van der Waals surface area contributed by atoms with E-state index in [2.05, 4.69) is 0 Å². The number of nitrogens with zero attached hydrogens (tertiary/aromatic N) is 2. The number of carbonyl (C=O) groups excluding carboxylic acids is 1. The van der Waals surface area contributed by atoms with Crippen LogP contribution in [0.4, 0.5) is 0 Å². The molecule has 134 valence electrons. The zero-order valence-electron chi connectivity index (χ0n) is 13.9. The molecule has 2 aliphatic rings. The van der Waals surface area contributed by atoms with Crippen LogP contribution in [-0.2, 0) is 14.8 Å². The molecular formula is C16H25N3O3S2. The van der Waals surface area contributed by atoms with Gasteiger partial charge in [-0.05, 0) is 50.0 Å². The lowest BCUT2D eigenvalue weighted by molar-refractivity contribution is -0.136. The Labute approximate surface area is 147 Å². The van der Waals surface area contributed by atoms with Crippen molar-refractivity contribution in [2.75, 3.05) is 19.6 Å². The van der Waals surface area contributed by atoms with Gasteiger partial charge in [0.15, 0.2) is 0 Å². The molecule has 3 unspecified atom stereocenters. The maximum absolute atomic E-state index is 13.0. The highest BCUT2D eigenvalue weighted by Crippen LogP contribution is 2.30. The van der Waals surface area contributed by atoms with E-state index >= 15 is 0 Å². The van der Waals surface area contributed by atoms with Gasteiger partial charge < -0.3 is 10.6 Å². The molecule has 3 atom stereocenters. The Kier molecular flexibility index (Phi) is 5.29. The zero-order valence-corrected chi connectivity index (χ0v) is 15.6. The second-order valence-electron chi connectivity index (χ2n) is 6.75. The van der Waals surface area contributed by atoms with Gasteiger partial charge in [-0.25, -0.2) is 8.42 Å². The molecule has 2 aliphatic heterocycles. The van der Waals surface area contributed by atoms with Crippen LogP contribution in [0.5, 0.6) is 0 Å². The second-order valence-corrected chi connectivity index (χ2v) is 9.82. The molecule has 2 saturated heterocycles. The molecule has 1 amide bonds. The number of thiophene rings is 1. The summed E-state index contributed by atoms with van der Waals surface area (Å²) in [4.78, 5) is 14.8. The summed E-state index contributed by atoms with van der Waals surface area (Å²) < 4.78 is 27.3. The van der Waals surface area contributed by atoms with Crippen molar-refractivity contribution in [2.45, 2.75) is 48.9 Å². The van der Waals surface area contributed by atoms with Crippen molar-refractivity contribution in [2.24, 2.45) is 11.7 Å². The van der Waals surface area contributed by atoms with E-state index in [0.29, 0.717) is 36.2 Å². The molecule has 24 heavy (non-hydrogen) atoms. The summed E-state index contributed by atoms with van der Waals surface area (Å²) in [7, 11) is -3.58. The van der Waals surface area contributed by atoms with Gasteiger partial charge in [-0.2, -0.15) is 4.31 Å². The van der Waals surface area contributed by atoms with Crippen LogP contribution in [-0.4, -0.2) is 55.2 Å². The van der Waals surface area contributed by atoms with Crippen LogP contribution >= 0.6 is 11.3 Å². The van der Waals surface area contributed by atoms with Gasteiger partial charge in [-0.1, -0.05) is 6.07 Å². The Morgan fingerprint density at radius 2 is 2.08 bits per heavy atom. The maximum atomic E-state index is 13.0. The number of rotatable bonds is 4. The number of hydrogen-bond donors (Lipinski definition) is 1. The summed E-state index contributed by atoms with van der Waals surface area (Å²) >= 11 is 1.20. The van der Waals surface area contributed by atoms with E-state index in [1.807, 2.05) is 11.8 Å². The van der Waals surface area contributed by atoms with Gasteiger partial charge in [-0.3, -0.25) is 4.79 Å². The van der Waals surface area contributed by atoms with Gasteiger partial charge in [-0.15, -0.1) is 11.3 Å². The standard InChI is InChI=1S/C16H25N3O3S2/c1-12(17)13-5-2-8-18(11-13)16(20)14-6-3-9-19(14)24(21,22)15-7-4-10-23-15/h4,7,10,12-14H,2-3,5-6,8-9,11,17H2,1H3. The van der Waals surface area contributed by atoms with Gasteiger partial charge in [0.25, 0.3) is 10.0 Å². The minimum Gasteiger partial charge on any atom is -0.341 e. The minimum atomic E-state index is -3.58. The Balaban J connectivity index is 1.77. The van der Waals surface area contributed by atoms with Crippen molar-refractivity contribution in [1.82, 2.24) is 9.21 Å². The highest BCUT2D eigenvalue weighted by Gasteiger charge is 2.42. The van der Waals surface area contributed by atoms with Crippen LogP contribution in [0.1, 0.15) is 32.6 Å². The molecule has 2 fully saturated rings. The molecule has 1 aromatic rings. The third-order valence-corrected chi connectivity index (χ3v) is 8.34. The van der Waals surface area contributed by atoms with E-state index in [1.165, 1.54) is 15.6 Å². The quantitative estimate of drug-likeness (QED) is 0.869. The van der Waals surface area contributed by atoms with Crippen molar-refractivity contribution >= 4 is 27.3 Å². The predicted molar refractivity (Wildman–Crippen MR) is 94.2 cm³/mol. The zero-order chi connectivity index (χ0) is 17.3. The first-order valence-electron chi connectivity index (χ1n) is 8.51. The lowest BCUT2D eigenvalue weighted by Crippen LogP contribution is -2.52. The lowest BCUT2D eigenvalue weighted by Gasteiger charge is -2.37. The van der Waals surface area contributed by atoms with E-state index < -0.39 is 16.1 Å². The first-order chi connectivity index (χ1) is 11.4. The number of carbonyl (C=O) groups is 1. The van der Waals surface area contributed by atoms with E-state index in [1.54, 1.807) is 17.5 Å². The highest BCUT2D eigenvalue weighted by atomic mass is 32.2. The Morgan fingerprint density at radius 3 is 2.75 bits per heavy atom. The van der Waals surface area contributed by atoms with E-state index in [-0.39, 0.29) is 11.9 Å². The van der Waals surface area contributed by atoms with Crippen LogP contribution in [0, 0.1) is 5.92 Å². The van der Waals surface area contributed by atoms with Gasteiger partial charge >= 0.3 is 0 Å². The Morgan fingerprint density at radius 1 is 1.33 bits per heavy atom. The van der Waals surface area contributed by atoms with Crippen LogP contribution in [0.3, 0.4) is 0 Å². The molecule has 2 N–H and O–H groups in total. The highest BCUT2D eigenvalue weighted by molar-refractivity contribution is 7.91. The third kappa shape index (κ3) is 3.37. The molecule has 0 aliphatic carbocycles. The largest absolute Gasteiger partial charge is 0.341 e. The van der Waals surface area contributed by atoms with Crippen molar-refractivity contribution in [3.63, 3.8) is 0 Å². The summed E-state index contributed by atoms with van der Waals surface area (Å²) in [6, 6.07) is 2.81. The second kappa shape index (κ2) is 7.11. The smallest absolute Gasteiger partial charge is 0.253 e. The summed E-state index contributed by atoms with van der Waals surface area (Å²) in [5.41, 5.74) is 6.00. The minimum absolute atomic E-state index is 0.0510. The van der Waals surface area contributed by atoms with Crippen molar-refractivity contribution in [3.05, 3.63) is 17.5 Å². The number of sulfonamides is 1. The van der Waals surface area contributed by atoms with Crippen LogP contribution in [0.15, 0.2) is 21.7 Å². The predicted octanol–water partition coefficient (Wildman–Crippen LogP) is 1.49. The van der Waals surface area contributed by atoms with Crippen LogP contribution in [0.25, 0.3) is 0 Å². The average molecular weight is 372 g/mol. The van der Waals surface area contributed by atoms with E-state index in [0.717, 1.165) is 19.3 Å². The van der Waals surface area contributed by atoms with Crippen LogP contribution < -0.4 is 5.73 Å². The average Bonchev–Trinajstić information content (AvgIpc) is 3.26. The van der Waals surface area contributed by atoms with Gasteiger partial charge in [0.05, 0.1) is 0 Å². The fraction of sp³-hybridized carbons (Fsp3) is 0.688. The summed E-state index contributed by atoms with van der Waals surface area (Å²) in [5.74, 6) is 0.240. The number of nitrogens with two attached hydrogens (primary N) is 1. The number of amides is 1. The van der Waals surface area contributed by atoms with Gasteiger partial charge in [0.2, 0.25) is 5.91 Å². The first kappa shape index (κ1) is 17.8. The summed E-state index contributed by atoms with van der Waals surface area (Å²) in [6.07, 6.45) is 3.29.